The Hall–Kier alpha value is -1.17. The Bertz CT molecular complexity index is 356. The highest BCUT2D eigenvalue weighted by Gasteiger charge is 2.35. The van der Waals surface area contributed by atoms with E-state index in [4.69, 9.17) is 0 Å². The van der Waals surface area contributed by atoms with Crippen molar-refractivity contribution in [1.29, 1.82) is 0 Å². The highest BCUT2D eigenvalue weighted by Crippen LogP contribution is 2.32. The molecule has 0 aliphatic heterocycles. The summed E-state index contributed by atoms with van der Waals surface area (Å²) in [6.45, 7) is 3.32. The quantitative estimate of drug-likeness (QED) is 0.580. The first-order valence-corrected chi connectivity index (χ1v) is 4.44. The van der Waals surface area contributed by atoms with Crippen LogP contribution in [0.15, 0.2) is 18.9 Å². The number of carbonyl (C=O) groups is 1. The number of aromatic nitrogens is 1. The molecule has 0 spiro atoms. The molecule has 0 saturated carbocycles. The molecule has 0 aliphatic rings. The smallest absolute Gasteiger partial charge is 0.293 e. The molecule has 0 N–H and O–H groups in total. The van der Waals surface area contributed by atoms with Crippen molar-refractivity contribution in [3.8, 4) is 0 Å². The van der Waals surface area contributed by atoms with Crippen LogP contribution in [0.25, 0.3) is 0 Å². The molecule has 76 valence electrons. The molecule has 1 heterocycles. The Balaban J connectivity index is 2.88. The Morgan fingerprint density at radius 2 is 2.29 bits per heavy atom. The first-order chi connectivity index (χ1) is 6.45. The first-order valence-electron chi connectivity index (χ1n) is 3.62. The largest absolute Gasteiger partial charge is 0.443 e. The number of halogens is 3. The average Bonchev–Trinajstić information content (AvgIpc) is 2.51. The van der Waals surface area contributed by atoms with Gasteiger partial charge in [0.25, 0.3) is 0 Å². The maximum absolute atomic E-state index is 12.1. The standard InChI is InChI=1S/C8H6F3NOS/c1-2-3-5(13)6-4-12-7(14-6)8(9,10)11/h2,4H,1,3H2. The highest BCUT2D eigenvalue weighted by atomic mass is 32.1. The van der Waals surface area contributed by atoms with Crippen molar-refractivity contribution in [2.24, 2.45) is 0 Å². The molecular weight excluding hydrogens is 215 g/mol. The van der Waals surface area contributed by atoms with Crippen molar-refractivity contribution in [3.05, 3.63) is 28.7 Å². The normalized spacial score (nSPS) is 11.4. The summed E-state index contributed by atoms with van der Waals surface area (Å²) < 4.78 is 36.2. The predicted octanol–water partition coefficient (Wildman–Crippen LogP) is 2.92. The minimum atomic E-state index is -4.47. The Morgan fingerprint density at radius 3 is 2.71 bits per heavy atom. The number of carbonyl (C=O) groups excluding carboxylic acids is 1. The molecule has 0 aliphatic carbocycles. The third-order valence-electron chi connectivity index (χ3n) is 1.35. The maximum atomic E-state index is 12.1. The molecule has 1 aromatic heterocycles. The number of Topliss-reactive ketones (excluding diaryl/α,β-unsaturated/α-hetero) is 1. The Kier molecular flexibility index (Phi) is 3.05. The van der Waals surface area contributed by atoms with Crippen LogP contribution >= 0.6 is 11.3 Å². The van der Waals surface area contributed by atoms with E-state index in [2.05, 4.69) is 11.6 Å². The van der Waals surface area contributed by atoms with Gasteiger partial charge in [-0.05, 0) is 0 Å². The first kappa shape index (κ1) is 10.9. The van der Waals surface area contributed by atoms with Gasteiger partial charge in [0, 0.05) is 12.6 Å². The summed E-state index contributed by atoms with van der Waals surface area (Å²) in [4.78, 5) is 14.3. The topological polar surface area (TPSA) is 30.0 Å². The molecule has 6 heteroatoms. The molecule has 1 aromatic rings. The van der Waals surface area contributed by atoms with E-state index in [9.17, 15) is 18.0 Å². The van der Waals surface area contributed by atoms with Gasteiger partial charge in [-0.1, -0.05) is 6.08 Å². The van der Waals surface area contributed by atoms with Crippen LogP contribution in [-0.4, -0.2) is 10.8 Å². The Morgan fingerprint density at radius 1 is 1.64 bits per heavy atom. The van der Waals surface area contributed by atoms with E-state index < -0.39 is 17.0 Å². The molecule has 0 unspecified atom stereocenters. The van der Waals surface area contributed by atoms with Gasteiger partial charge >= 0.3 is 6.18 Å². The van der Waals surface area contributed by atoms with E-state index in [1.165, 1.54) is 6.08 Å². The molecule has 0 radical (unpaired) electrons. The average molecular weight is 221 g/mol. The van der Waals surface area contributed by atoms with Gasteiger partial charge in [0.1, 0.15) is 0 Å². The van der Waals surface area contributed by atoms with Crippen LogP contribution in [0.2, 0.25) is 0 Å². The van der Waals surface area contributed by atoms with Crippen molar-refractivity contribution in [2.45, 2.75) is 12.6 Å². The number of nitrogens with zero attached hydrogens (tertiary/aromatic N) is 1. The lowest BCUT2D eigenvalue weighted by molar-refractivity contribution is -0.137. The molecule has 2 nitrogen and oxygen atoms in total. The third-order valence-corrected chi connectivity index (χ3v) is 2.44. The fraction of sp³-hybridized carbons (Fsp3) is 0.250. The summed E-state index contributed by atoms with van der Waals surface area (Å²) in [6.07, 6.45) is -2.16. The minimum Gasteiger partial charge on any atom is -0.293 e. The van der Waals surface area contributed by atoms with Crippen LogP contribution in [0.3, 0.4) is 0 Å². The van der Waals surface area contributed by atoms with Crippen LogP contribution < -0.4 is 0 Å². The second-order valence-electron chi connectivity index (χ2n) is 2.44. The third kappa shape index (κ3) is 2.41. The van der Waals surface area contributed by atoms with Crippen molar-refractivity contribution >= 4 is 17.1 Å². The highest BCUT2D eigenvalue weighted by molar-refractivity contribution is 7.13. The zero-order chi connectivity index (χ0) is 10.8. The zero-order valence-corrected chi connectivity index (χ0v) is 7.78. The molecule has 0 bridgehead atoms. The van der Waals surface area contributed by atoms with E-state index >= 15 is 0 Å². The molecular formula is C8H6F3NOS. The zero-order valence-electron chi connectivity index (χ0n) is 6.97. The number of alkyl halides is 3. The van der Waals surface area contributed by atoms with Gasteiger partial charge in [0.2, 0.25) is 0 Å². The fourth-order valence-electron chi connectivity index (χ4n) is 0.766. The second kappa shape index (κ2) is 3.91. The number of hydrogen-bond acceptors (Lipinski definition) is 3. The number of hydrogen-bond donors (Lipinski definition) is 0. The number of ketones is 1. The van der Waals surface area contributed by atoms with E-state index in [0.717, 1.165) is 6.20 Å². The fourth-order valence-corrected chi connectivity index (χ4v) is 1.50. The molecule has 0 aromatic carbocycles. The lowest BCUT2D eigenvalue weighted by Gasteiger charge is -1.98. The number of allylic oxidation sites excluding steroid dienone is 1. The van der Waals surface area contributed by atoms with Crippen LogP contribution in [0, 0.1) is 0 Å². The van der Waals surface area contributed by atoms with Crippen LogP contribution in [0.4, 0.5) is 13.2 Å². The Labute approximate surface area is 82.1 Å². The van der Waals surface area contributed by atoms with Gasteiger partial charge in [-0.2, -0.15) is 13.2 Å². The maximum Gasteiger partial charge on any atom is 0.443 e. The van der Waals surface area contributed by atoms with Crippen molar-refractivity contribution < 1.29 is 18.0 Å². The van der Waals surface area contributed by atoms with E-state index in [-0.39, 0.29) is 11.3 Å². The summed E-state index contributed by atoms with van der Waals surface area (Å²) in [5.74, 6) is -0.395. The second-order valence-corrected chi connectivity index (χ2v) is 3.47. The van der Waals surface area contributed by atoms with E-state index in [1.807, 2.05) is 0 Å². The lowest BCUT2D eigenvalue weighted by atomic mass is 10.2. The van der Waals surface area contributed by atoms with Crippen LogP contribution in [-0.2, 0) is 6.18 Å². The number of thiazole rings is 1. The minimum absolute atomic E-state index is 0.0113. The van der Waals surface area contributed by atoms with Crippen LogP contribution in [0.1, 0.15) is 21.1 Å². The van der Waals surface area contributed by atoms with E-state index in [0.29, 0.717) is 11.3 Å². The summed E-state index contributed by atoms with van der Waals surface area (Å²) in [5, 5.41) is -0.995. The molecule has 0 fully saturated rings. The van der Waals surface area contributed by atoms with Gasteiger partial charge in [-0.15, -0.1) is 17.9 Å². The van der Waals surface area contributed by atoms with Gasteiger partial charge in [0.15, 0.2) is 10.8 Å². The van der Waals surface area contributed by atoms with E-state index in [1.54, 1.807) is 0 Å². The summed E-state index contributed by atoms with van der Waals surface area (Å²) in [5.41, 5.74) is 0. The summed E-state index contributed by atoms with van der Waals surface area (Å²) >= 11 is 0.354. The van der Waals surface area contributed by atoms with Gasteiger partial charge in [0.05, 0.1) is 4.88 Å². The summed E-state index contributed by atoms with van der Waals surface area (Å²) in [7, 11) is 0. The van der Waals surface area contributed by atoms with Crippen LogP contribution in [0.5, 0.6) is 0 Å². The molecule has 0 saturated heterocycles. The number of rotatable bonds is 3. The van der Waals surface area contributed by atoms with Gasteiger partial charge < -0.3 is 0 Å². The molecule has 0 atom stereocenters. The molecule has 14 heavy (non-hydrogen) atoms. The monoisotopic (exact) mass is 221 g/mol. The van der Waals surface area contributed by atoms with Gasteiger partial charge in [-0.25, -0.2) is 4.98 Å². The van der Waals surface area contributed by atoms with Crippen molar-refractivity contribution in [3.63, 3.8) is 0 Å². The van der Waals surface area contributed by atoms with Crippen molar-refractivity contribution in [2.75, 3.05) is 0 Å². The lowest BCUT2D eigenvalue weighted by Crippen LogP contribution is -2.03. The SMILES string of the molecule is C=CCC(=O)c1cnc(C(F)(F)F)s1. The van der Waals surface area contributed by atoms with Crippen molar-refractivity contribution in [1.82, 2.24) is 4.98 Å². The summed E-state index contributed by atoms with van der Waals surface area (Å²) in [6, 6.07) is 0. The van der Waals surface area contributed by atoms with Gasteiger partial charge in [-0.3, -0.25) is 4.79 Å². The predicted molar refractivity (Wildman–Crippen MR) is 46.3 cm³/mol. The molecule has 1 rings (SSSR count). The molecule has 0 amide bonds.